The molecular formula is C13H10BrN5O2. The van der Waals surface area contributed by atoms with Crippen molar-refractivity contribution in [1.29, 1.82) is 0 Å². The molecule has 0 saturated carbocycles. The summed E-state index contributed by atoms with van der Waals surface area (Å²) < 4.78 is 6.17. The maximum atomic E-state index is 12.1. The van der Waals surface area contributed by atoms with Gasteiger partial charge in [0.25, 0.3) is 5.91 Å². The molecule has 3 rings (SSSR count). The quantitative estimate of drug-likeness (QED) is 0.674. The van der Waals surface area contributed by atoms with Gasteiger partial charge >= 0.3 is 0 Å². The summed E-state index contributed by atoms with van der Waals surface area (Å²) in [5.74, 6) is 0.105. The van der Waals surface area contributed by atoms with Crippen LogP contribution in [0.4, 0.5) is 11.5 Å². The van der Waals surface area contributed by atoms with Gasteiger partial charge < -0.3 is 20.5 Å². The Morgan fingerprint density at radius 2 is 2.10 bits per heavy atom. The summed E-state index contributed by atoms with van der Waals surface area (Å²) in [4.78, 5) is 22.8. The van der Waals surface area contributed by atoms with Crippen molar-refractivity contribution < 1.29 is 9.21 Å². The van der Waals surface area contributed by atoms with Crippen molar-refractivity contribution in [3.05, 3.63) is 47.0 Å². The van der Waals surface area contributed by atoms with Gasteiger partial charge in [-0.1, -0.05) is 15.9 Å². The molecule has 2 aromatic heterocycles. The van der Waals surface area contributed by atoms with Crippen LogP contribution in [0.5, 0.6) is 0 Å². The molecule has 2 heterocycles. The fraction of sp³-hybridized carbons (Fsp3) is 0. The Morgan fingerprint density at radius 1 is 1.33 bits per heavy atom. The summed E-state index contributed by atoms with van der Waals surface area (Å²) in [5, 5.41) is 2.72. The van der Waals surface area contributed by atoms with E-state index in [-0.39, 0.29) is 23.3 Å². The van der Waals surface area contributed by atoms with Gasteiger partial charge in [-0.2, -0.15) is 0 Å². The van der Waals surface area contributed by atoms with Gasteiger partial charge in [-0.3, -0.25) is 4.79 Å². The molecular weight excluding hydrogens is 338 g/mol. The predicted molar refractivity (Wildman–Crippen MR) is 80.6 cm³/mol. The van der Waals surface area contributed by atoms with Gasteiger partial charge in [0.15, 0.2) is 11.5 Å². The fourth-order valence-electron chi connectivity index (χ4n) is 1.70. The van der Waals surface area contributed by atoms with Crippen molar-refractivity contribution in [2.24, 2.45) is 0 Å². The lowest BCUT2D eigenvalue weighted by Gasteiger charge is -2.02. The molecule has 0 spiro atoms. The first-order valence-corrected chi connectivity index (χ1v) is 6.74. The van der Waals surface area contributed by atoms with E-state index in [0.717, 1.165) is 4.47 Å². The molecule has 106 valence electrons. The molecule has 7 nitrogen and oxygen atoms in total. The number of carbonyl (C=O) groups is 1. The molecule has 0 bridgehead atoms. The summed E-state index contributed by atoms with van der Waals surface area (Å²) in [6.45, 7) is 0. The van der Waals surface area contributed by atoms with Gasteiger partial charge in [0.05, 0.1) is 6.33 Å². The maximum Gasteiger partial charge on any atom is 0.277 e. The first kappa shape index (κ1) is 13.4. The van der Waals surface area contributed by atoms with Gasteiger partial charge in [-0.25, -0.2) is 9.97 Å². The number of nitrogens with zero attached hydrogens (tertiary/aromatic N) is 2. The van der Waals surface area contributed by atoms with Crippen LogP contribution in [0.15, 0.2) is 45.7 Å². The molecule has 0 aliphatic rings. The lowest BCUT2D eigenvalue weighted by Crippen LogP contribution is -2.12. The highest BCUT2D eigenvalue weighted by molar-refractivity contribution is 9.10. The molecule has 1 amide bonds. The number of nitrogens with one attached hydrogen (secondary N) is 2. The van der Waals surface area contributed by atoms with Crippen molar-refractivity contribution >= 4 is 33.3 Å². The average Bonchev–Trinajstić information content (AvgIpc) is 3.09. The molecule has 0 aliphatic heterocycles. The van der Waals surface area contributed by atoms with E-state index >= 15 is 0 Å². The third-order valence-corrected chi connectivity index (χ3v) is 3.25. The number of H-pyrrole nitrogens is 1. The van der Waals surface area contributed by atoms with Crippen LogP contribution in [-0.2, 0) is 0 Å². The average molecular weight is 348 g/mol. The number of hydrogen-bond acceptors (Lipinski definition) is 5. The van der Waals surface area contributed by atoms with Crippen molar-refractivity contribution in [2.75, 3.05) is 11.1 Å². The highest BCUT2D eigenvalue weighted by Gasteiger charge is 2.16. The standard InChI is InChI=1S/C13H10BrN5O2/c14-7-1-3-8(4-2-7)18-12(20)9-5-21-13(19-9)10-11(15)17-6-16-10/h1-6H,15H2,(H,16,17)(H,18,20). The third kappa shape index (κ3) is 2.79. The van der Waals surface area contributed by atoms with Crippen LogP contribution in [0, 0.1) is 0 Å². The molecule has 0 unspecified atom stereocenters. The molecule has 1 aromatic carbocycles. The number of imidazole rings is 1. The topological polar surface area (TPSA) is 110 Å². The summed E-state index contributed by atoms with van der Waals surface area (Å²) >= 11 is 3.33. The van der Waals surface area contributed by atoms with Crippen LogP contribution in [0.3, 0.4) is 0 Å². The van der Waals surface area contributed by atoms with Crippen molar-refractivity contribution in [1.82, 2.24) is 15.0 Å². The Balaban J connectivity index is 1.78. The van der Waals surface area contributed by atoms with Gasteiger partial charge in [0, 0.05) is 10.2 Å². The number of amides is 1. The molecule has 0 fully saturated rings. The molecule has 21 heavy (non-hydrogen) atoms. The number of nitrogen functional groups attached to an aromatic ring is 1. The summed E-state index contributed by atoms with van der Waals surface area (Å²) in [6, 6.07) is 7.20. The number of nitrogens with two attached hydrogens (primary N) is 1. The molecule has 8 heteroatoms. The number of anilines is 2. The number of benzene rings is 1. The van der Waals surface area contributed by atoms with Crippen LogP contribution in [0.1, 0.15) is 10.5 Å². The van der Waals surface area contributed by atoms with E-state index in [0.29, 0.717) is 11.4 Å². The Kier molecular flexibility index (Phi) is 3.44. The lowest BCUT2D eigenvalue weighted by molar-refractivity contribution is 0.102. The zero-order valence-corrected chi connectivity index (χ0v) is 12.2. The zero-order valence-electron chi connectivity index (χ0n) is 10.6. The first-order chi connectivity index (χ1) is 10.1. The predicted octanol–water partition coefficient (Wildman–Crippen LogP) is 2.66. The van der Waals surface area contributed by atoms with Crippen LogP contribution in [-0.4, -0.2) is 20.9 Å². The Morgan fingerprint density at radius 3 is 2.76 bits per heavy atom. The fourth-order valence-corrected chi connectivity index (χ4v) is 1.96. The van der Waals surface area contributed by atoms with Crippen molar-refractivity contribution in [3.63, 3.8) is 0 Å². The van der Waals surface area contributed by atoms with E-state index in [4.69, 9.17) is 10.2 Å². The second kappa shape index (κ2) is 5.41. The van der Waals surface area contributed by atoms with Crippen LogP contribution in [0.2, 0.25) is 0 Å². The minimum Gasteiger partial charge on any atom is -0.442 e. The van der Waals surface area contributed by atoms with E-state index < -0.39 is 0 Å². The minimum atomic E-state index is -0.370. The molecule has 0 radical (unpaired) electrons. The van der Waals surface area contributed by atoms with E-state index in [1.54, 1.807) is 12.1 Å². The number of carbonyl (C=O) groups excluding carboxylic acids is 1. The molecule has 0 saturated heterocycles. The first-order valence-electron chi connectivity index (χ1n) is 5.95. The zero-order chi connectivity index (χ0) is 14.8. The normalized spacial score (nSPS) is 10.5. The van der Waals surface area contributed by atoms with Gasteiger partial charge in [-0.15, -0.1) is 0 Å². The number of aromatic nitrogens is 3. The van der Waals surface area contributed by atoms with E-state index in [1.807, 2.05) is 12.1 Å². The summed E-state index contributed by atoms with van der Waals surface area (Å²) in [7, 11) is 0. The Hall–Kier alpha value is -2.61. The largest absolute Gasteiger partial charge is 0.442 e. The molecule has 3 aromatic rings. The van der Waals surface area contributed by atoms with Gasteiger partial charge in [0.1, 0.15) is 12.0 Å². The highest BCUT2D eigenvalue weighted by Crippen LogP contribution is 2.21. The van der Waals surface area contributed by atoms with E-state index in [1.165, 1.54) is 12.6 Å². The number of rotatable bonds is 3. The second-order valence-corrected chi connectivity index (χ2v) is 5.08. The van der Waals surface area contributed by atoms with Crippen molar-refractivity contribution in [3.8, 4) is 11.6 Å². The van der Waals surface area contributed by atoms with Gasteiger partial charge in [-0.05, 0) is 24.3 Å². The summed E-state index contributed by atoms with van der Waals surface area (Å²) in [6.07, 6.45) is 2.69. The second-order valence-electron chi connectivity index (χ2n) is 4.16. The maximum absolute atomic E-state index is 12.1. The number of oxazole rings is 1. The highest BCUT2D eigenvalue weighted by atomic mass is 79.9. The van der Waals surface area contributed by atoms with Crippen LogP contribution < -0.4 is 11.1 Å². The van der Waals surface area contributed by atoms with Gasteiger partial charge in [0.2, 0.25) is 5.89 Å². The van der Waals surface area contributed by atoms with E-state index in [9.17, 15) is 4.79 Å². The SMILES string of the molecule is Nc1nc[nH]c1-c1nc(C(=O)Nc2ccc(Br)cc2)co1. The third-order valence-electron chi connectivity index (χ3n) is 2.72. The molecule has 0 atom stereocenters. The smallest absolute Gasteiger partial charge is 0.277 e. The van der Waals surface area contributed by atoms with E-state index in [2.05, 4.69) is 36.2 Å². The van der Waals surface area contributed by atoms with Crippen LogP contribution >= 0.6 is 15.9 Å². The monoisotopic (exact) mass is 347 g/mol. The number of hydrogen-bond donors (Lipinski definition) is 3. The lowest BCUT2D eigenvalue weighted by atomic mass is 10.3. The Bertz CT molecular complexity index is 778. The Labute approximate surface area is 127 Å². The summed E-state index contributed by atoms with van der Waals surface area (Å²) in [5.41, 5.74) is 6.91. The minimum absolute atomic E-state index is 0.155. The number of aromatic amines is 1. The number of halogens is 1. The van der Waals surface area contributed by atoms with Crippen LogP contribution in [0.25, 0.3) is 11.6 Å². The molecule has 4 N–H and O–H groups in total. The molecule has 0 aliphatic carbocycles. The van der Waals surface area contributed by atoms with Crippen molar-refractivity contribution in [2.45, 2.75) is 0 Å².